The third-order valence-electron chi connectivity index (χ3n) is 3.35. The monoisotopic (exact) mass is 269 g/mol. The van der Waals surface area contributed by atoms with Gasteiger partial charge in [0.15, 0.2) is 5.75 Å². The Labute approximate surface area is 117 Å². The van der Waals surface area contributed by atoms with Gasteiger partial charge in [0.2, 0.25) is 0 Å². The summed E-state index contributed by atoms with van der Waals surface area (Å²) in [6, 6.07) is 9.09. The lowest BCUT2D eigenvalue weighted by Crippen LogP contribution is -2.12. The van der Waals surface area contributed by atoms with Crippen LogP contribution in [0.1, 0.15) is 36.6 Å². The first kappa shape index (κ1) is 12.7. The van der Waals surface area contributed by atoms with Gasteiger partial charge in [-0.2, -0.15) is 10.4 Å². The van der Waals surface area contributed by atoms with Crippen molar-refractivity contribution in [2.75, 3.05) is 6.61 Å². The lowest BCUT2D eigenvalue weighted by molar-refractivity contribution is 0.0112. The van der Waals surface area contributed by atoms with Crippen molar-refractivity contribution in [2.24, 2.45) is 0 Å². The van der Waals surface area contributed by atoms with E-state index in [-0.39, 0.29) is 6.10 Å². The van der Waals surface area contributed by atoms with Crippen LogP contribution in [0.3, 0.4) is 0 Å². The van der Waals surface area contributed by atoms with E-state index >= 15 is 0 Å². The van der Waals surface area contributed by atoms with Crippen LogP contribution < -0.4 is 4.74 Å². The van der Waals surface area contributed by atoms with Crippen molar-refractivity contribution in [1.29, 1.82) is 5.26 Å². The van der Waals surface area contributed by atoms with Crippen LogP contribution in [0, 0.1) is 11.3 Å². The van der Waals surface area contributed by atoms with Gasteiger partial charge in [-0.1, -0.05) is 0 Å². The average Bonchev–Trinajstić information content (AvgIpc) is 2.97. The fraction of sp³-hybridized carbons (Fsp3) is 0.333. The Morgan fingerprint density at radius 1 is 1.30 bits per heavy atom. The number of aromatic nitrogens is 2. The van der Waals surface area contributed by atoms with E-state index in [9.17, 15) is 0 Å². The summed E-state index contributed by atoms with van der Waals surface area (Å²) in [5.74, 6) is 1.36. The van der Waals surface area contributed by atoms with Crippen molar-refractivity contribution in [2.45, 2.75) is 25.4 Å². The van der Waals surface area contributed by atoms with E-state index in [4.69, 9.17) is 14.7 Å². The summed E-state index contributed by atoms with van der Waals surface area (Å²) >= 11 is 0. The summed E-state index contributed by atoms with van der Waals surface area (Å²) in [5, 5.41) is 15.8. The summed E-state index contributed by atoms with van der Waals surface area (Å²) in [7, 11) is 0. The number of nitrogens with zero attached hydrogens (tertiary/aromatic N) is 2. The second-order valence-corrected chi connectivity index (χ2v) is 4.74. The Hall–Kier alpha value is -2.32. The molecule has 1 fully saturated rings. The van der Waals surface area contributed by atoms with E-state index in [0.717, 1.165) is 31.6 Å². The molecule has 20 heavy (non-hydrogen) atoms. The van der Waals surface area contributed by atoms with E-state index in [0.29, 0.717) is 17.1 Å². The molecule has 0 saturated carbocycles. The third kappa shape index (κ3) is 2.65. The number of hydrogen-bond acceptors (Lipinski definition) is 4. The smallest absolute Gasteiger partial charge is 0.170 e. The molecule has 1 aromatic carbocycles. The molecule has 0 radical (unpaired) electrons. The summed E-state index contributed by atoms with van der Waals surface area (Å²) < 4.78 is 11.6. The molecule has 2 heterocycles. The molecule has 0 amide bonds. The molecule has 5 heteroatoms. The molecule has 1 aromatic heterocycles. The summed E-state index contributed by atoms with van der Waals surface area (Å²) in [6.07, 6.45) is 4.92. The first-order valence-corrected chi connectivity index (χ1v) is 6.70. The first-order valence-electron chi connectivity index (χ1n) is 6.70. The Morgan fingerprint density at radius 3 is 2.85 bits per heavy atom. The van der Waals surface area contributed by atoms with E-state index < -0.39 is 0 Å². The van der Waals surface area contributed by atoms with Crippen molar-refractivity contribution in [3.8, 4) is 17.6 Å². The van der Waals surface area contributed by atoms with Crippen LogP contribution in [-0.4, -0.2) is 16.8 Å². The van der Waals surface area contributed by atoms with Crippen LogP contribution in [0.5, 0.6) is 11.5 Å². The number of benzene rings is 1. The minimum Gasteiger partial charge on any atom is -0.454 e. The fourth-order valence-corrected chi connectivity index (χ4v) is 2.29. The molecule has 0 aliphatic carbocycles. The van der Waals surface area contributed by atoms with Gasteiger partial charge in [0.25, 0.3) is 0 Å². The maximum absolute atomic E-state index is 8.78. The van der Waals surface area contributed by atoms with Crippen LogP contribution in [-0.2, 0) is 4.74 Å². The van der Waals surface area contributed by atoms with Gasteiger partial charge in [-0.25, -0.2) is 0 Å². The molecule has 3 rings (SSSR count). The van der Waals surface area contributed by atoms with Crippen molar-refractivity contribution >= 4 is 0 Å². The average molecular weight is 269 g/mol. The van der Waals surface area contributed by atoms with E-state index in [1.165, 1.54) is 0 Å². The topological polar surface area (TPSA) is 70.9 Å². The Balaban J connectivity index is 1.77. The summed E-state index contributed by atoms with van der Waals surface area (Å²) in [5.41, 5.74) is 1.49. The predicted molar refractivity (Wildman–Crippen MR) is 72.4 cm³/mol. The van der Waals surface area contributed by atoms with Crippen LogP contribution in [0.2, 0.25) is 0 Å². The van der Waals surface area contributed by atoms with Crippen LogP contribution >= 0.6 is 0 Å². The normalized spacial score (nSPS) is 18.4. The zero-order valence-corrected chi connectivity index (χ0v) is 11.0. The maximum atomic E-state index is 8.78. The highest BCUT2D eigenvalue weighted by Crippen LogP contribution is 2.34. The quantitative estimate of drug-likeness (QED) is 0.927. The lowest BCUT2D eigenvalue weighted by Gasteiger charge is -2.22. The van der Waals surface area contributed by atoms with Gasteiger partial charge in [0.1, 0.15) is 17.5 Å². The number of rotatable bonds is 3. The summed E-state index contributed by atoms with van der Waals surface area (Å²) in [6.45, 7) is 0.778. The molecule has 0 spiro atoms. The van der Waals surface area contributed by atoms with Gasteiger partial charge in [-0.3, -0.25) is 5.10 Å². The number of nitrogens with one attached hydrogen (secondary N) is 1. The fourth-order valence-electron chi connectivity index (χ4n) is 2.29. The molecule has 1 unspecified atom stereocenters. The minimum atomic E-state index is 0.0274. The first-order chi connectivity index (χ1) is 9.86. The summed E-state index contributed by atoms with van der Waals surface area (Å²) in [4.78, 5) is 0. The van der Waals surface area contributed by atoms with Crippen LogP contribution in [0.15, 0.2) is 30.5 Å². The molecule has 0 bridgehead atoms. The van der Waals surface area contributed by atoms with Gasteiger partial charge in [-0.15, -0.1) is 0 Å². The second kappa shape index (κ2) is 5.76. The van der Waals surface area contributed by atoms with Crippen LogP contribution in [0.25, 0.3) is 0 Å². The molecular formula is C15H15N3O2. The second-order valence-electron chi connectivity index (χ2n) is 4.74. The van der Waals surface area contributed by atoms with E-state index in [2.05, 4.69) is 16.3 Å². The third-order valence-corrected chi connectivity index (χ3v) is 3.35. The molecular weight excluding hydrogens is 254 g/mol. The number of ether oxygens (including phenoxy) is 2. The number of H-pyrrole nitrogens is 1. The van der Waals surface area contributed by atoms with Crippen molar-refractivity contribution in [3.63, 3.8) is 0 Å². The number of hydrogen-bond donors (Lipinski definition) is 1. The highest BCUT2D eigenvalue weighted by molar-refractivity contribution is 5.38. The molecule has 1 aliphatic rings. The highest BCUT2D eigenvalue weighted by Gasteiger charge is 2.22. The van der Waals surface area contributed by atoms with Gasteiger partial charge in [-0.05, 0) is 43.5 Å². The van der Waals surface area contributed by atoms with Gasteiger partial charge < -0.3 is 9.47 Å². The number of aromatic amines is 1. The molecule has 5 nitrogen and oxygen atoms in total. The van der Waals surface area contributed by atoms with E-state index in [1.54, 1.807) is 30.5 Å². The SMILES string of the molecule is N#Cc1ccc(Oc2cn[nH]c2C2CCCCO2)cc1. The molecule has 1 N–H and O–H groups in total. The van der Waals surface area contributed by atoms with Gasteiger partial charge in [0, 0.05) is 6.61 Å². The molecule has 1 atom stereocenters. The van der Waals surface area contributed by atoms with Crippen molar-refractivity contribution in [1.82, 2.24) is 10.2 Å². The Morgan fingerprint density at radius 2 is 2.15 bits per heavy atom. The predicted octanol–water partition coefficient (Wildman–Crippen LogP) is 3.32. The van der Waals surface area contributed by atoms with Crippen molar-refractivity contribution < 1.29 is 9.47 Å². The van der Waals surface area contributed by atoms with Gasteiger partial charge >= 0.3 is 0 Å². The van der Waals surface area contributed by atoms with E-state index in [1.807, 2.05) is 0 Å². The van der Waals surface area contributed by atoms with Crippen molar-refractivity contribution in [3.05, 3.63) is 41.7 Å². The van der Waals surface area contributed by atoms with Gasteiger partial charge in [0.05, 0.1) is 17.8 Å². The minimum absolute atomic E-state index is 0.0274. The zero-order valence-electron chi connectivity index (χ0n) is 11.0. The van der Waals surface area contributed by atoms with Crippen LogP contribution in [0.4, 0.5) is 0 Å². The maximum Gasteiger partial charge on any atom is 0.170 e. The lowest BCUT2D eigenvalue weighted by atomic mass is 10.1. The zero-order chi connectivity index (χ0) is 13.8. The Kier molecular flexibility index (Phi) is 3.66. The molecule has 1 saturated heterocycles. The number of nitriles is 1. The largest absolute Gasteiger partial charge is 0.454 e. The Bertz CT molecular complexity index is 607. The molecule has 1 aliphatic heterocycles. The molecule has 2 aromatic rings. The molecule has 102 valence electrons. The highest BCUT2D eigenvalue weighted by atomic mass is 16.5. The standard InChI is InChI=1S/C15H15N3O2/c16-9-11-4-6-12(7-5-11)20-14-10-17-18-15(14)13-3-1-2-8-19-13/h4-7,10,13H,1-3,8H2,(H,17,18).